The van der Waals surface area contributed by atoms with Gasteiger partial charge in [0.25, 0.3) is 0 Å². The first-order chi connectivity index (χ1) is 18.3. The van der Waals surface area contributed by atoms with Gasteiger partial charge in [0.1, 0.15) is 5.75 Å². The minimum absolute atomic E-state index is 0.406. The molecule has 0 aliphatic carbocycles. The summed E-state index contributed by atoms with van der Waals surface area (Å²) in [7, 11) is -0.406. The van der Waals surface area contributed by atoms with Crippen molar-refractivity contribution in [2.24, 2.45) is 0 Å². The molecule has 0 aliphatic heterocycles. The zero-order chi connectivity index (χ0) is 25.0. The lowest BCUT2D eigenvalue weighted by molar-refractivity contribution is 0.454. The summed E-state index contributed by atoms with van der Waals surface area (Å²) >= 11 is 0. The van der Waals surface area contributed by atoms with Crippen molar-refractivity contribution in [3.05, 3.63) is 115 Å². The second-order valence-corrected chi connectivity index (χ2v) is 8.44. The molecule has 1 N–H and O–H groups in total. The number of aromatic nitrogens is 4. The van der Waals surface area contributed by atoms with Crippen LogP contribution in [0, 0.1) is 0 Å². The molecule has 0 amide bonds. The van der Waals surface area contributed by atoms with E-state index >= 15 is 0 Å². The average Bonchev–Trinajstić information content (AvgIpc) is 2.97. The Morgan fingerprint density at radius 3 is 1.97 bits per heavy atom. The van der Waals surface area contributed by atoms with E-state index in [0.717, 1.165) is 38.7 Å². The maximum Gasteiger partial charge on any atom is 0.504 e. The third kappa shape index (κ3) is 4.68. The maximum atomic E-state index is 9.18. The summed E-state index contributed by atoms with van der Waals surface area (Å²) < 4.78 is 5.28. The van der Waals surface area contributed by atoms with E-state index in [2.05, 4.69) is 35.3 Å². The summed E-state index contributed by atoms with van der Waals surface area (Å²) in [6.07, 6.45) is 1.81. The highest BCUT2D eigenvalue weighted by atomic mass is 16.5. The van der Waals surface area contributed by atoms with E-state index in [-0.39, 0.29) is 0 Å². The van der Waals surface area contributed by atoms with Gasteiger partial charge >= 0.3 is 7.69 Å². The fourth-order valence-electron chi connectivity index (χ4n) is 4.31. The average molecular weight is 480 g/mol. The van der Waals surface area contributed by atoms with Crippen LogP contribution in [0.1, 0.15) is 0 Å². The van der Waals surface area contributed by atoms with Crippen molar-refractivity contribution in [1.29, 1.82) is 0 Å². The Balaban J connectivity index is 1.50. The lowest BCUT2D eigenvalue weighted by Gasteiger charge is -2.11. The summed E-state index contributed by atoms with van der Waals surface area (Å²) in [6, 6.07) is 35.6. The molecule has 0 atom stereocenters. The third-order valence-electron chi connectivity index (χ3n) is 6.06. The maximum absolute atomic E-state index is 9.18. The SMILES string of the molecule is OBOc1cccc(-c2nc(-c3ccccc3)nc(-c3cccc(-c4cccc5cccnc45)c3)n2)c1. The van der Waals surface area contributed by atoms with Crippen molar-refractivity contribution < 1.29 is 9.68 Å². The van der Waals surface area contributed by atoms with E-state index in [1.165, 1.54) is 0 Å². The molecule has 0 radical (unpaired) electrons. The molecule has 4 aromatic carbocycles. The molecule has 0 bridgehead atoms. The highest BCUT2D eigenvalue weighted by molar-refractivity contribution is 6.17. The van der Waals surface area contributed by atoms with Crippen LogP contribution >= 0.6 is 0 Å². The second-order valence-electron chi connectivity index (χ2n) is 8.44. The number of hydrogen-bond donors (Lipinski definition) is 1. The summed E-state index contributed by atoms with van der Waals surface area (Å²) in [5.41, 5.74) is 5.55. The van der Waals surface area contributed by atoms with Gasteiger partial charge in [0.05, 0.1) is 5.52 Å². The summed E-state index contributed by atoms with van der Waals surface area (Å²) in [4.78, 5) is 19.1. The fourth-order valence-corrected chi connectivity index (χ4v) is 4.31. The largest absolute Gasteiger partial charge is 0.539 e. The molecule has 0 fully saturated rings. The summed E-state index contributed by atoms with van der Waals surface area (Å²) in [5, 5.41) is 10.3. The fraction of sp³-hybridized carbons (Fsp3) is 0. The molecule has 0 aliphatic rings. The van der Waals surface area contributed by atoms with Gasteiger partial charge in [-0.05, 0) is 29.8 Å². The number of pyridine rings is 1. The Morgan fingerprint density at radius 1 is 0.568 bits per heavy atom. The molecule has 6 rings (SSSR count). The van der Waals surface area contributed by atoms with E-state index in [9.17, 15) is 5.02 Å². The van der Waals surface area contributed by atoms with Crippen molar-refractivity contribution in [1.82, 2.24) is 19.9 Å². The number of fused-ring (bicyclic) bond motifs is 1. The smallest absolute Gasteiger partial charge is 0.504 e. The third-order valence-corrected chi connectivity index (χ3v) is 6.06. The van der Waals surface area contributed by atoms with E-state index < -0.39 is 7.69 Å². The predicted molar refractivity (Wildman–Crippen MR) is 147 cm³/mol. The van der Waals surface area contributed by atoms with Gasteiger partial charge < -0.3 is 9.68 Å². The van der Waals surface area contributed by atoms with Crippen LogP contribution in [-0.2, 0) is 0 Å². The van der Waals surface area contributed by atoms with E-state index in [0.29, 0.717) is 23.2 Å². The molecule has 0 saturated carbocycles. The molecule has 0 spiro atoms. The van der Waals surface area contributed by atoms with E-state index in [1.54, 1.807) is 6.07 Å². The molecular weight excluding hydrogens is 459 g/mol. The molecule has 2 heterocycles. The quantitative estimate of drug-likeness (QED) is 0.307. The van der Waals surface area contributed by atoms with Gasteiger partial charge in [-0.3, -0.25) is 4.98 Å². The van der Waals surface area contributed by atoms with Crippen LogP contribution in [0.15, 0.2) is 115 Å². The number of nitrogens with zero attached hydrogens (tertiary/aromatic N) is 4. The second kappa shape index (κ2) is 10.0. The highest BCUT2D eigenvalue weighted by Crippen LogP contribution is 2.31. The van der Waals surface area contributed by atoms with Crippen molar-refractivity contribution in [3.8, 4) is 51.0 Å². The van der Waals surface area contributed by atoms with Crippen molar-refractivity contribution in [2.45, 2.75) is 0 Å². The molecule has 0 saturated heterocycles. The predicted octanol–water partition coefficient (Wildman–Crippen LogP) is 5.73. The zero-order valence-electron chi connectivity index (χ0n) is 19.8. The molecule has 37 heavy (non-hydrogen) atoms. The van der Waals surface area contributed by atoms with Gasteiger partial charge in [0, 0.05) is 33.8 Å². The van der Waals surface area contributed by atoms with Gasteiger partial charge in [-0.25, -0.2) is 15.0 Å². The topological polar surface area (TPSA) is 81.0 Å². The molecule has 6 aromatic rings. The Bertz CT molecular complexity index is 1700. The minimum atomic E-state index is -0.406. The van der Waals surface area contributed by atoms with Gasteiger partial charge in [0.2, 0.25) is 0 Å². The van der Waals surface area contributed by atoms with Crippen LogP contribution in [0.2, 0.25) is 0 Å². The normalized spacial score (nSPS) is 10.8. The van der Waals surface area contributed by atoms with Crippen molar-refractivity contribution in [2.75, 3.05) is 0 Å². The molecule has 6 nitrogen and oxygen atoms in total. The molecule has 176 valence electrons. The van der Waals surface area contributed by atoms with Crippen LogP contribution in [-0.4, -0.2) is 32.6 Å². The van der Waals surface area contributed by atoms with Crippen molar-refractivity contribution >= 4 is 18.6 Å². The molecule has 2 aromatic heterocycles. The van der Waals surface area contributed by atoms with Gasteiger partial charge in [0.15, 0.2) is 17.5 Å². The van der Waals surface area contributed by atoms with Crippen LogP contribution in [0.5, 0.6) is 5.75 Å². The molecule has 7 heteroatoms. The highest BCUT2D eigenvalue weighted by Gasteiger charge is 2.14. The standard InChI is InChI=1S/C30H21BN4O2/c36-31-37-25-15-5-13-24(19-25)30-34-28(21-8-2-1-3-9-21)33-29(35-30)23-12-4-11-22(18-23)26-16-6-10-20-14-7-17-32-27(20)26/h1-19,31,36H. The van der Waals surface area contributed by atoms with Gasteiger partial charge in [-0.15, -0.1) is 0 Å². The van der Waals surface area contributed by atoms with Crippen LogP contribution in [0.25, 0.3) is 56.2 Å². The van der Waals surface area contributed by atoms with E-state index in [4.69, 9.17) is 19.6 Å². The number of para-hydroxylation sites is 1. The monoisotopic (exact) mass is 480 g/mol. The Morgan fingerprint density at radius 2 is 1.19 bits per heavy atom. The van der Waals surface area contributed by atoms with Crippen molar-refractivity contribution in [3.63, 3.8) is 0 Å². The number of hydrogen-bond acceptors (Lipinski definition) is 6. The Kier molecular flexibility index (Phi) is 6.11. The Hall–Kier alpha value is -4.88. The zero-order valence-corrected chi connectivity index (χ0v) is 19.8. The molecular formula is C30H21BN4O2. The Labute approximate surface area is 214 Å². The number of benzene rings is 4. The first-order valence-corrected chi connectivity index (χ1v) is 11.9. The van der Waals surface area contributed by atoms with Crippen LogP contribution < -0.4 is 4.65 Å². The minimum Gasteiger partial charge on any atom is -0.539 e. The molecule has 0 unspecified atom stereocenters. The lowest BCUT2D eigenvalue weighted by atomic mass is 10.00. The lowest BCUT2D eigenvalue weighted by Crippen LogP contribution is -2.02. The van der Waals surface area contributed by atoms with Crippen LogP contribution in [0.3, 0.4) is 0 Å². The summed E-state index contributed by atoms with van der Waals surface area (Å²) in [5.74, 6) is 2.19. The number of rotatable bonds is 6. The van der Waals surface area contributed by atoms with Gasteiger partial charge in [-0.1, -0.05) is 84.9 Å². The van der Waals surface area contributed by atoms with Gasteiger partial charge in [-0.2, -0.15) is 0 Å². The summed E-state index contributed by atoms with van der Waals surface area (Å²) in [6.45, 7) is 0. The van der Waals surface area contributed by atoms with E-state index in [1.807, 2.05) is 79.0 Å². The van der Waals surface area contributed by atoms with Crippen LogP contribution in [0.4, 0.5) is 0 Å². The first kappa shape index (κ1) is 22.6. The first-order valence-electron chi connectivity index (χ1n) is 11.9.